The first kappa shape index (κ1) is 20.6. The van der Waals surface area contributed by atoms with Crippen LogP contribution in [-0.4, -0.2) is 41.8 Å². The molecule has 1 saturated heterocycles. The van der Waals surface area contributed by atoms with Crippen molar-refractivity contribution >= 4 is 23.4 Å². The average Bonchev–Trinajstić information content (AvgIpc) is 3.35. The molecule has 0 unspecified atom stereocenters. The molecule has 1 aliphatic rings. The first-order chi connectivity index (χ1) is 15.2. The van der Waals surface area contributed by atoms with Gasteiger partial charge < -0.3 is 19.4 Å². The molecule has 8 heteroatoms. The number of hydrogen-bond donors (Lipinski definition) is 1. The van der Waals surface area contributed by atoms with Crippen molar-refractivity contribution in [3.63, 3.8) is 0 Å². The van der Waals surface area contributed by atoms with Crippen LogP contribution in [0.25, 0.3) is 11.5 Å². The molecule has 4 rings (SSSR count). The van der Waals surface area contributed by atoms with Crippen molar-refractivity contribution in [2.75, 3.05) is 29.9 Å². The lowest BCUT2D eigenvalue weighted by molar-refractivity contribution is -0.120. The lowest BCUT2D eigenvalue weighted by Gasteiger charge is -2.31. The van der Waals surface area contributed by atoms with E-state index in [1.54, 1.807) is 37.5 Å². The number of benzene rings is 1. The predicted molar refractivity (Wildman–Crippen MR) is 116 cm³/mol. The Balaban J connectivity index is 1.35. The van der Waals surface area contributed by atoms with Crippen molar-refractivity contribution in [2.24, 2.45) is 5.92 Å². The Morgan fingerprint density at radius 3 is 2.58 bits per heavy atom. The fraction of sp³-hybridized carbons (Fsp3) is 0.304. The summed E-state index contributed by atoms with van der Waals surface area (Å²) >= 11 is 0. The highest BCUT2D eigenvalue weighted by atomic mass is 16.5. The molecular formula is C23H24N4O4. The maximum Gasteiger partial charge on any atom is 0.340 e. The van der Waals surface area contributed by atoms with Gasteiger partial charge >= 0.3 is 5.97 Å². The molecule has 31 heavy (non-hydrogen) atoms. The Bertz CT molecular complexity index is 1030. The number of para-hydroxylation sites is 1. The highest BCUT2D eigenvalue weighted by molar-refractivity contribution is 6.01. The van der Waals surface area contributed by atoms with Crippen LogP contribution in [0.3, 0.4) is 0 Å². The van der Waals surface area contributed by atoms with E-state index in [1.807, 2.05) is 24.3 Å². The van der Waals surface area contributed by atoms with Gasteiger partial charge in [0.15, 0.2) is 11.6 Å². The lowest BCUT2D eigenvalue weighted by atomic mass is 9.95. The minimum atomic E-state index is -0.440. The van der Waals surface area contributed by atoms with Gasteiger partial charge in [-0.05, 0) is 56.2 Å². The summed E-state index contributed by atoms with van der Waals surface area (Å²) < 4.78 is 10.4. The van der Waals surface area contributed by atoms with Crippen LogP contribution in [0.2, 0.25) is 0 Å². The van der Waals surface area contributed by atoms with Crippen LogP contribution in [-0.2, 0) is 9.53 Å². The second kappa shape index (κ2) is 9.42. The Labute approximate surface area is 180 Å². The predicted octanol–water partition coefficient (Wildman–Crippen LogP) is 3.77. The summed E-state index contributed by atoms with van der Waals surface area (Å²) in [5.74, 6) is 0.793. The third-order valence-corrected chi connectivity index (χ3v) is 5.29. The van der Waals surface area contributed by atoms with Crippen molar-refractivity contribution in [2.45, 2.75) is 19.8 Å². The van der Waals surface area contributed by atoms with E-state index in [-0.39, 0.29) is 18.4 Å². The Kier molecular flexibility index (Phi) is 6.26. The van der Waals surface area contributed by atoms with Crippen molar-refractivity contribution in [3.8, 4) is 11.5 Å². The minimum Gasteiger partial charge on any atom is -0.463 e. The number of carbonyl (C=O) groups excluding carboxylic acids is 2. The number of carbonyl (C=O) groups is 2. The number of piperidine rings is 1. The summed E-state index contributed by atoms with van der Waals surface area (Å²) in [6.07, 6.45) is 2.98. The van der Waals surface area contributed by atoms with Crippen LogP contribution >= 0.6 is 0 Å². The normalized spacial score (nSPS) is 14.3. The number of anilines is 2. The second-order valence-electron chi connectivity index (χ2n) is 7.27. The summed E-state index contributed by atoms with van der Waals surface area (Å²) in [7, 11) is 0. The molecule has 0 aliphatic carbocycles. The van der Waals surface area contributed by atoms with Crippen LogP contribution in [0.15, 0.2) is 59.2 Å². The van der Waals surface area contributed by atoms with Crippen molar-refractivity contribution in [1.82, 2.24) is 10.2 Å². The number of esters is 1. The van der Waals surface area contributed by atoms with Gasteiger partial charge in [0.1, 0.15) is 5.69 Å². The highest BCUT2D eigenvalue weighted by Gasteiger charge is 2.27. The number of rotatable bonds is 6. The van der Waals surface area contributed by atoms with E-state index >= 15 is 0 Å². The number of aromatic nitrogens is 2. The summed E-state index contributed by atoms with van der Waals surface area (Å²) in [6.45, 7) is 3.44. The fourth-order valence-corrected chi connectivity index (χ4v) is 3.63. The molecule has 160 valence electrons. The number of amides is 1. The number of furan rings is 1. The number of hydrogen-bond acceptors (Lipinski definition) is 7. The first-order valence-electron chi connectivity index (χ1n) is 10.3. The molecule has 8 nitrogen and oxygen atoms in total. The van der Waals surface area contributed by atoms with E-state index in [2.05, 4.69) is 20.4 Å². The average molecular weight is 420 g/mol. The van der Waals surface area contributed by atoms with E-state index < -0.39 is 5.97 Å². The van der Waals surface area contributed by atoms with E-state index in [4.69, 9.17) is 9.15 Å². The van der Waals surface area contributed by atoms with E-state index in [9.17, 15) is 9.59 Å². The number of nitrogens with one attached hydrogen (secondary N) is 1. The van der Waals surface area contributed by atoms with Crippen LogP contribution < -0.4 is 10.2 Å². The van der Waals surface area contributed by atoms with Gasteiger partial charge in [-0.25, -0.2) is 4.79 Å². The quantitative estimate of drug-likeness (QED) is 0.606. The number of nitrogens with zero attached hydrogens (tertiary/aromatic N) is 3. The highest BCUT2D eigenvalue weighted by Crippen LogP contribution is 2.25. The fourth-order valence-electron chi connectivity index (χ4n) is 3.63. The van der Waals surface area contributed by atoms with Crippen LogP contribution in [0.1, 0.15) is 30.1 Å². The van der Waals surface area contributed by atoms with Crippen LogP contribution in [0.5, 0.6) is 0 Å². The zero-order valence-corrected chi connectivity index (χ0v) is 17.3. The largest absolute Gasteiger partial charge is 0.463 e. The zero-order chi connectivity index (χ0) is 21.6. The third-order valence-electron chi connectivity index (χ3n) is 5.29. The molecule has 3 aromatic rings. The van der Waals surface area contributed by atoms with E-state index in [1.165, 1.54) is 0 Å². The maximum absolute atomic E-state index is 12.8. The van der Waals surface area contributed by atoms with Gasteiger partial charge in [0, 0.05) is 19.0 Å². The summed E-state index contributed by atoms with van der Waals surface area (Å²) in [4.78, 5) is 27.0. The van der Waals surface area contributed by atoms with Gasteiger partial charge in [-0.3, -0.25) is 4.79 Å². The van der Waals surface area contributed by atoms with Crippen molar-refractivity contribution < 1.29 is 18.7 Å². The topological polar surface area (TPSA) is 97.6 Å². The minimum absolute atomic E-state index is 0.0874. The van der Waals surface area contributed by atoms with E-state index in [0.717, 1.165) is 5.82 Å². The molecule has 1 fully saturated rings. The van der Waals surface area contributed by atoms with Gasteiger partial charge in [0.2, 0.25) is 5.91 Å². The molecule has 1 aliphatic heterocycles. The molecule has 0 radical (unpaired) electrons. The van der Waals surface area contributed by atoms with Crippen LogP contribution in [0, 0.1) is 5.92 Å². The van der Waals surface area contributed by atoms with Gasteiger partial charge in [0.25, 0.3) is 0 Å². The molecule has 0 saturated carbocycles. The van der Waals surface area contributed by atoms with Crippen molar-refractivity contribution in [1.29, 1.82) is 0 Å². The summed E-state index contributed by atoms with van der Waals surface area (Å²) in [5, 5.41) is 11.4. The molecule has 1 N–H and O–H groups in total. The smallest absolute Gasteiger partial charge is 0.340 e. The molecule has 0 bridgehead atoms. The molecule has 0 atom stereocenters. The Morgan fingerprint density at radius 1 is 1.10 bits per heavy atom. The Morgan fingerprint density at radius 2 is 1.90 bits per heavy atom. The molecule has 0 spiro atoms. The summed E-state index contributed by atoms with van der Waals surface area (Å²) in [5.41, 5.74) is 1.53. The summed E-state index contributed by atoms with van der Waals surface area (Å²) in [6, 6.07) is 14.4. The molecule has 2 aromatic heterocycles. The van der Waals surface area contributed by atoms with Gasteiger partial charge in [-0.2, -0.15) is 0 Å². The third kappa shape index (κ3) is 4.74. The first-order valence-corrected chi connectivity index (χ1v) is 10.3. The second-order valence-corrected chi connectivity index (χ2v) is 7.27. The SMILES string of the molecule is CCOC(=O)c1ccccc1NC(=O)C1CCN(c2ccc(-c3ccco3)nn2)CC1. The lowest BCUT2D eigenvalue weighted by Crippen LogP contribution is -2.38. The monoisotopic (exact) mass is 420 g/mol. The van der Waals surface area contributed by atoms with Gasteiger partial charge in [-0.1, -0.05) is 12.1 Å². The van der Waals surface area contributed by atoms with Gasteiger partial charge in [-0.15, -0.1) is 10.2 Å². The molecule has 3 heterocycles. The van der Waals surface area contributed by atoms with Crippen molar-refractivity contribution in [3.05, 3.63) is 60.4 Å². The Hall–Kier alpha value is -3.68. The number of ether oxygens (including phenoxy) is 1. The standard InChI is InChI=1S/C23H24N4O4/c1-2-30-23(29)17-6-3-4-7-18(17)24-22(28)16-11-13-27(14-12-16)21-10-9-19(25-26-21)20-8-5-15-31-20/h3-10,15-16H,2,11-14H2,1H3,(H,24,28). The zero-order valence-electron chi connectivity index (χ0n) is 17.3. The van der Waals surface area contributed by atoms with Crippen LogP contribution in [0.4, 0.5) is 11.5 Å². The van der Waals surface area contributed by atoms with E-state index in [0.29, 0.717) is 48.6 Å². The van der Waals surface area contributed by atoms with Gasteiger partial charge in [0.05, 0.1) is 24.1 Å². The molecule has 1 amide bonds. The maximum atomic E-state index is 12.8. The molecular weight excluding hydrogens is 396 g/mol. The molecule has 1 aromatic carbocycles.